The average Bonchev–Trinajstić information content (AvgIpc) is 1.96. The first-order chi connectivity index (χ1) is 6.06. The van der Waals surface area contributed by atoms with Crippen molar-refractivity contribution in [2.75, 3.05) is 26.0 Å². The Kier molecular flexibility index (Phi) is 3.70. The number of rotatable bonds is 5. The van der Waals surface area contributed by atoms with E-state index in [1.807, 2.05) is 0 Å². The van der Waals surface area contributed by atoms with E-state index in [1.54, 1.807) is 7.05 Å². The van der Waals surface area contributed by atoms with Crippen LogP contribution in [0.1, 0.15) is 19.3 Å². The van der Waals surface area contributed by atoms with Crippen LogP contribution in [0.3, 0.4) is 0 Å². The second kappa shape index (κ2) is 4.39. The van der Waals surface area contributed by atoms with Crippen LogP contribution in [0.2, 0.25) is 0 Å². The fraction of sp³-hybridized carbons (Fsp3) is 1.00. The summed E-state index contributed by atoms with van der Waals surface area (Å²) in [6.45, 7) is 0.319. The van der Waals surface area contributed by atoms with E-state index in [4.69, 9.17) is 5.11 Å². The molecule has 0 spiro atoms. The Morgan fingerprint density at radius 2 is 2.08 bits per heavy atom. The maximum atomic E-state index is 11.4. The summed E-state index contributed by atoms with van der Waals surface area (Å²) in [6, 6.07) is 0. The predicted octanol–water partition coefficient (Wildman–Crippen LogP) is 0.0404. The van der Waals surface area contributed by atoms with Crippen molar-refractivity contribution in [3.8, 4) is 0 Å². The molecule has 0 atom stereocenters. The lowest BCUT2D eigenvalue weighted by atomic mass is 9.86. The summed E-state index contributed by atoms with van der Waals surface area (Å²) in [5.41, 5.74) is 0. The summed E-state index contributed by atoms with van der Waals surface area (Å²) < 4.78 is 24.1. The highest BCUT2D eigenvalue weighted by Crippen LogP contribution is 2.27. The monoisotopic (exact) mass is 207 g/mol. The van der Waals surface area contributed by atoms with Gasteiger partial charge in [0.05, 0.1) is 12.4 Å². The van der Waals surface area contributed by atoms with E-state index < -0.39 is 10.0 Å². The second-order valence-corrected chi connectivity index (χ2v) is 5.81. The largest absolute Gasteiger partial charge is 0.395 e. The van der Waals surface area contributed by atoms with Gasteiger partial charge in [-0.05, 0) is 18.8 Å². The minimum absolute atomic E-state index is 0.157. The molecule has 1 saturated carbocycles. The van der Waals surface area contributed by atoms with Crippen LogP contribution in [0.25, 0.3) is 0 Å². The molecule has 0 aromatic carbocycles. The molecule has 0 saturated heterocycles. The van der Waals surface area contributed by atoms with Gasteiger partial charge in [0, 0.05) is 13.6 Å². The molecule has 0 bridgehead atoms. The van der Waals surface area contributed by atoms with Crippen LogP contribution in [0.15, 0.2) is 0 Å². The molecule has 0 aromatic rings. The molecule has 1 rings (SSSR count). The van der Waals surface area contributed by atoms with E-state index >= 15 is 0 Å². The Labute approximate surface area is 79.6 Å². The molecule has 1 fully saturated rings. The first-order valence-corrected chi connectivity index (χ1v) is 6.22. The highest BCUT2D eigenvalue weighted by molar-refractivity contribution is 7.89. The van der Waals surface area contributed by atoms with Gasteiger partial charge in [-0.25, -0.2) is 12.7 Å². The lowest BCUT2D eigenvalue weighted by Crippen LogP contribution is -2.36. The molecule has 0 aromatic heterocycles. The summed E-state index contributed by atoms with van der Waals surface area (Å²) in [6.07, 6.45) is 3.50. The molecule has 78 valence electrons. The minimum Gasteiger partial charge on any atom is -0.395 e. The number of hydrogen-bond donors (Lipinski definition) is 1. The third-order valence-electron chi connectivity index (χ3n) is 2.56. The van der Waals surface area contributed by atoms with Gasteiger partial charge in [0.15, 0.2) is 0 Å². The zero-order chi connectivity index (χ0) is 9.90. The SMILES string of the molecule is CN(CC1CCC1)S(=O)(=O)CCO. The topological polar surface area (TPSA) is 57.6 Å². The molecule has 0 unspecified atom stereocenters. The summed E-state index contributed by atoms with van der Waals surface area (Å²) in [5.74, 6) is 0.384. The summed E-state index contributed by atoms with van der Waals surface area (Å²) in [4.78, 5) is 0. The molecule has 1 aliphatic rings. The van der Waals surface area contributed by atoms with Gasteiger partial charge >= 0.3 is 0 Å². The van der Waals surface area contributed by atoms with E-state index in [0.717, 1.165) is 12.8 Å². The maximum absolute atomic E-state index is 11.4. The molecule has 1 aliphatic carbocycles. The van der Waals surface area contributed by atoms with Crippen molar-refractivity contribution < 1.29 is 13.5 Å². The van der Waals surface area contributed by atoms with Crippen molar-refractivity contribution >= 4 is 10.0 Å². The Hall–Kier alpha value is -0.130. The van der Waals surface area contributed by atoms with Gasteiger partial charge in [0.25, 0.3) is 0 Å². The lowest BCUT2D eigenvalue weighted by Gasteiger charge is -2.29. The lowest BCUT2D eigenvalue weighted by molar-refractivity contribution is 0.260. The molecule has 5 heteroatoms. The van der Waals surface area contributed by atoms with Crippen molar-refractivity contribution in [2.24, 2.45) is 5.92 Å². The molecule has 1 N–H and O–H groups in total. The van der Waals surface area contributed by atoms with Crippen LogP contribution >= 0.6 is 0 Å². The van der Waals surface area contributed by atoms with Gasteiger partial charge in [-0.2, -0.15) is 0 Å². The van der Waals surface area contributed by atoms with Crippen LogP contribution in [-0.4, -0.2) is 43.8 Å². The van der Waals surface area contributed by atoms with Crippen molar-refractivity contribution in [1.29, 1.82) is 0 Å². The molecule has 0 amide bonds. The number of aliphatic hydroxyl groups is 1. The summed E-state index contributed by atoms with van der Waals surface area (Å²) in [5, 5.41) is 8.55. The molecule has 0 heterocycles. The second-order valence-electron chi connectivity index (χ2n) is 3.62. The zero-order valence-corrected chi connectivity index (χ0v) is 8.76. The Morgan fingerprint density at radius 3 is 2.46 bits per heavy atom. The van der Waals surface area contributed by atoms with Crippen molar-refractivity contribution in [1.82, 2.24) is 4.31 Å². The summed E-state index contributed by atoms with van der Waals surface area (Å²) >= 11 is 0. The van der Waals surface area contributed by atoms with E-state index in [1.165, 1.54) is 10.7 Å². The van der Waals surface area contributed by atoms with E-state index in [9.17, 15) is 8.42 Å². The molecule has 0 radical (unpaired) electrons. The van der Waals surface area contributed by atoms with Gasteiger partial charge in [-0.15, -0.1) is 0 Å². The number of nitrogens with zero attached hydrogens (tertiary/aromatic N) is 1. The third kappa shape index (κ3) is 2.93. The third-order valence-corrected chi connectivity index (χ3v) is 4.36. The first-order valence-electron chi connectivity index (χ1n) is 4.61. The standard InChI is InChI=1S/C8H17NO3S/c1-9(7-8-3-2-4-8)13(11,12)6-5-10/h8,10H,2-7H2,1H3. The normalized spacial score (nSPS) is 19.0. The first kappa shape index (κ1) is 10.9. The van der Waals surface area contributed by atoms with Crippen LogP contribution in [0.5, 0.6) is 0 Å². The van der Waals surface area contributed by atoms with Crippen LogP contribution in [-0.2, 0) is 10.0 Å². The molecule has 0 aliphatic heterocycles. The smallest absolute Gasteiger partial charge is 0.216 e. The number of sulfonamides is 1. The fourth-order valence-corrected chi connectivity index (χ4v) is 2.40. The van der Waals surface area contributed by atoms with Crippen LogP contribution in [0.4, 0.5) is 0 Å². The van der Waals surface area contributed by atoms with Gasteiger partial charge in [-0.1, -0.05) is 6.42 Å². The van der Waals surface area contributed by atoms with Crippen LogP contribution < -0.4 is 0 Å². The van der Waals surface area contributed by atoms with E-state index in [2.05, 4.69) is 0 Å². The minimum atomic E-state index is -3.20. The van der Waals surface area contributed by atoms with Gasteiger partial charge < -0.3 is 5.11 Å². The maximum Gasteiger partial charge on any atom is 0.216 e. The van der Waals surface area contributed by atoms with Crippen LogP contribution in [0, 0.1) is 5.92 Å². The van der Waals surface area contributed by atoms with Gasteiger partial charge in [0.2, 0.25) is 10.0 Å². The van der Waals surface area contributed by atoms with Gasteiger partial charge in [0.1, 0.15) is 0 Å². The highest BCUT2D eigenvalue weighted by atomic mass is 32.2. The quantitative estimate of drug-likeness (QED) is 0.692. The zero-order valence-electron chi connectivity index (χ0n) is 7.94. The Bertz CT molecular complexity index is 246. The molecule has 4 nitrogen and oxygen atoms in total. The number of hydrogen-bond acceptors (Lipinski definition) is 3. The Morgan fingerprint density at radius 1 is 1.46 bits per heavy atom. The molecule has 13 heavy (non-hydrogen) atoms. The Balaban J connectivity index is 2.40. The van der Waals surface area contributed by atoms with Gasteiger partial charge in [-0.3, -0.25) is 0 Å². The summed E-state index contributed by atoms with van der Waals surface area (Å²) in [7, 11) is -1.61. The van der Waals surface area contributed by atoms with E-state index in [-0.39, 0.29) is 12.4 Å². The average molecular weight is 207 g/mol. The molecular weight excluding hydrogens is 190 g/mol. The highest BCUT2D eigenvalue weighted by Gasteiger charge is 2.24. The van der Waals surface area contributed by atoms with Crippen molar-refractivity contribution in [2.45, 2.75) is 19.3 Å². The molecular formula is C8H17NO3S. The van der Waals surface area contributed by atoms with Crippen molar-refractivity contribution in [3.05, 3.63) is 0 Å². The van der Waals surface area contributed by atoms with E-state index in [0.29, 0.717) is 12.5 Å². The number of aliphatic hydroxyl groups excluding tert-OH is 1. The predicted molar refractivity (Wildman–Crippen MR) is 50.8 cm³/mol. The van der Waals surface area contributed by atoms with Crippen molar-refractivity contribution in [3.63, 3.8) is 0 Å². The fourth-order valence-electron chi connectivity index (χ4n) is 1.42.